The molecule has 0 radical (unpaired) electrons. The van der Waals surface area contributed by atoms with Crippen LogP contribution in [0.3, 0.4) is 0 Å². The second-order valence-electron chi connectivity index (χ2n) is 4.29. The summed E-state index contributed by atoms with van der Waals surface area (Å²) < 4.78 is 5.40. The average Bonchev–Trinajstić information content (AvgIpc) is 2.32. The van der Waals surface area contributed by atoms with Crippen molar-refractivity contribution >= 4 is 5.69 Å². The number of hydrogen-bond acceptors (Lipinski definition) is 3. The maximum absolute atomic E-state index is 8.54. The lowest BCUT2D eigenvalue weighted by atomic mass is 10.1. The van der Waals surface area contributed by atoms with Crippen molar-refractivity contribution in [3.8, 4) is 11.8 Å². The van der Waals surface area contributed by atoms with Gasteiger partial charge in [0.1, 0.15) is 5.75 Å². The molecule has 17 heavy (non-hydrogen) atoms. The largest absolute Gasteiger partial charge is 0.495 e. The first-order chi connectivity index (χ1) is 8.10. The second-order valence-corrected chi connectivity index (χ2v) is 4.29. The molecule has 0 atom stereocenters. The molecule has 1 rings (SSSR count). The van der Waals surface area contributed by atoms with Crippen LogP contribution in [-0.2, 0) is 0 Å². The van der Waals surface area contributed by atoms with Gasteiger partial charge in [0.2, 0.25) is 0 Å². The van der Waals surface area contributed by atoms with Crippen LogP contribution < -0.4 is 9.64 Å². The smallest absolute Gasteiger partial charge is 0.142 e. The molecule has 1 aromatic rings. The van der Waals surface area contributed by atoms with Gasteiger partial charge in [-0.3, -0.25) is 0 Å². The number of hydrogen-bond donors (Lipinski definition) is 0. The molecule has 0 unspecified atom stereocenters. The number of anilines is 1. The van der Waals surface area contributed by atoms with E-state index in [0.717, 1.165) is 24.4 Å². The molecule has 0 aromatic heterocycles. The van der Waals surface area contributed by atoms with Crippen molar-refractivity contribution in [2.75, 3.05) is 25.6 Å². The molecule has 3 heteroatoms. The Balaban J connectivity index is 2.88. The predicted octanol–water partition coefficient (Wildman–Crippen LogP) is 3.05. The molecule has 0 aliphatic carbocycles. The minimum Gasteiger partial charge on any atom is -0.495 e. The number of methoxy groups -OCH3 is 1. The third-order valence-corrected chi connectivity index (χ3v) is 2.99. The van der Waals surface area contributed by atoms with E-state index in [0.29, 0.717) is 6.42 Å². The van der Waals surface area contributed by atoms with Crippen LogP contribution in [0.2, 0.25) is 0 Å². The molecule has 0 N–H and O–H groups in total. The fourth-order valence-electron chi connectivity index (χ4n) is 1.75. The molecule has 0 saturated heterocycles. The molecule has 0 fully saturated rings. The molecule has 1 aromatic carbocycles. The van der Waals surface area contributed by atoms with Crippen LogP contribution >= 0.6 is 0 Å². The Hall–Kier alpha value is -1.69. The normalized spacial score (nSPS) is 9.82. The maximum Gasteiger partial charge on any atom is 0.142 e. The van der Waals surface area contributed by atoms with E-state index >= 15 is 0 Å². The molecule has 3 nitrogen and oxygen atoms in total. The number of nitrogens with zero attached hydrogens (tertiary/aromatic N) is 2. The Labute approximate surface area is 104 Å². The Bertz CT molecular complexity index is 421. The van der Waals surface area contributed by atoms with Crippen LogP contribution in [-0.4, -0.2) is 20.7 Å². The van der Waals surface area contributed by atoms with Crippen molar-refractivity contribution in [2.45, 2.75) is 26.7 Å². The zero-order valence-corrected chi connectivity index (χ0v) is 11.1. The highest BCUT2D eigenvalue weighted by molar-refractivity contribution is 5.61. The van der Waals surface area contributed by atoms with Crippen LogP contribution in [0, 0.1) is 25.2 Å². The molecule has 0 spiro atoms. The number of benzene rings is 1. The second kappa shape index (κ2) is 6.15. The van der Waals surface area contributed by atoms with Crippen LogP contribution in [0.1, 0.15) is 24.0 Å². The molecule has 0 heterocycles. The van der Waals surface area contributed by atoms with Crippen LogP contribution in [0.5, 0.6) is 5.75 Å². The van der Waals surface area contributed by atoms with E-state index in [-0.39, 0.29) is 0 Å². The molecule has 0 aliphatic rings. The van der Waals surface area contributed by atoms with Gasteiger partial charge in [-0.2, -0.15) is 5.26 Å². The fourth-order valence-corrected chi connectivity index (χ4v) is 1.75. The van der Waals surface area contributed by atoms with Gasteiger partial charge in [-0.15, -0.1) is 0 Å². The van der Waals surface area contributed by atoms with E-state index in [2.05, 4.69) is 36.9 Å². The predicted molar refractivity (Wildman–Crippen MR) is 70.6 cm³/mol. The zero-order valence-electron chi connectivity index (χ0n) is 11.1. The lowest BCUT2D eigenvalue weighted by molar-refractivity contribution is 0.414. The van der Waals surface area contributed by atoms with E-state index < -0.39 is 0 Å². The van der Waals surface area contributed by atoms with E-state index in [1.54, 1.807) is 7.11 Å². The Morgan fingerprint density at radius 2 is 1.94 bits per heavy atom. The molecule has 0 saturated carbocycles. The standard InChI is InChI=1S/C14H20N2O/c1-11-9-13(14(17-4)10-12(11)2)16(3)8-6-5-7-15/h9-10H,5-6,8H2,1-4H3. The van der Waals surface area contributed by atoms with Crippen molar-refractivity contribution in [1.82, 2.24) is 0 Å². The number of rotatable bonds is 5. The molecule has 92 valence electrons. The third-order valence-electron chi connectivity index (χ3n) is 2.99. The van der Waals surface area contributed by atoms with Gasteiger partial charge < -0.3 is 9.64 Å². The lowest BCUT2D eigenvalue weighted by Crippen LogP contribution is -2.19. The zero-order chi connectivity index (χ0) is 12.8. The van der Waals surface area contributed by atoms with E-state index in [9.17, 15) is 0 Å². The number of ether oxygens (including phenoxy) is 1. The van der Waals surface area contributed by atoms with Crippen molar-refractivity contribution in [3.63, 3.8) is 0 Å². The summed E-state index contributed by atoms with van der Waals surface area (Å²) in [6, 6.07) is 6.37. The van der Waals surface area contributed by atoms with Gasteiger partial charge in [-0.1, -0.05) is 0 Å². The van der Waals surface area contributed by atoms with Gasteiger partial charge in [0, 0.05) is 20.0 Å². The number of aryl methyl sites for hydroxylation is 2. The molecule has 0 amide bonds. The lowest BCUT2D eigenvalue weighted by Gasteiger charge is -2.22. The van der Waals surface area contributed by atoms with Crippen molar-refractivity contribution < 1.29 is 4.74 Å². The Morgan fingerprint density at radius 1 is 1.29 bits per heavy atom. The molecular formula is C14H20N2O. The van der Waals surface area contributed by atoms with E-state index in [1.807, 2.05) is 7.05 Å². The SMILES string of the molecule is COc1cc(C)c(C)cc1N(C)CCCC#N. The van der Waals surface area contributed by atoms with Crippen LogP contribution in [0.25, 0.3) is 0 Å². The summed E-state index contributed by atoms with van der Waals surface area (Å²) >= 11 is 0. The average molecular weight is 232 g/mol. The first kappa shape index (κ1) is 13.4. The first-order valence-electron chi connectivity index (χ1n) is 5.83. The first-order valence-corrected chi connectivity index (χ1v) is 5.83. The number of nitriles is 1. The van der Waals surface area contributed by atoms with Gasteiger partial charge in [-0.05, 0) is 43.5 Å². The van der Waals surface area contributed by atoms with Gasteiger partial charge in [0.15, 0.2) is 0 Å². The maximum atomic E-state index is 8.54. The summed E-state index contributed by atoms with van der Waals surface area (Å²) in [5.41, 5.74) is 3.58. The van der Waals surface area contributed by atoms with Crippen molar-refractivity contribution in [3.05, 3.63) is 23.3 Å². The third kappa shape index (κ3) is 3.39. The summed E-state index contributed by atoms with van der Waals surface area (Å²) in [7, 11) is 3.72. The van der Waals surface area contributed by atoms with E-state index in [1.165, 1.54) is 11.1 Å². The van der Waals surface area contributed by atoms with Gasteiger partial charge in [0.05, 0.1) is 18.9 Å². The summed E-state index contributed by atoms with van der Waals surface area (Å²) in [5.74, 6) is 0.896. The van der Waals surface area contributed by atoms with Crippen molar-refractivity contribution in [2.24, 2.45) is 0 Å². The minimum atomic E-state index is 0.595. The van der Waals surface area contributed by atoms with Crippen molar-refractivity contribution in [1.29, 1.82) is 5.26 Å². The topological polar surface area (TPSA) is 36.3 Å². The fraction of sp³-hybridized carbons (Fsp3) is 0.500. The highest BCUT2D eigenvalue weighted by atomic mass is 16.5. The summed E-state index contributed by atoms with van der Waals surface area (Å²) in [6.45, 7) is 5.05. The summed E-state index contributed by atoms with van der Waals surface area (Å²) in [5, 5.41) is 8.54. The minimum absolute atomic E-state index is 0.595. The van der Waals surface area contributed by atoms with Crippen LogP contribution in [0.15, 0.2) is 12.1 Å². The van der Waals surface area contributed by atoms with Gasteiger partial charge in [-0.25, -0.2) is 0 Å². The summed E-state index contributed by atoms with van der Waals surface area (Å²) in [6.07, 6.45) is 1.47. The number of unbranched alkanes of at least 4 members (excludes halogenated alkanes) is 1. The molecule has 0 aliphatic heterocycles. The highest BCUT2D eigenvalue weighted by Crippen LogP contribution is 2.30. The van der Waals surface area contributed by atoms with Gasteiger partial charge >= 0.3 is 0 Å². The quantitative estimate of drug-likeness (QED) is 0.732. The molecular weight excluding hydrogens is 212 g/mol. The Kier molecular flexibility index (Phi) is 4.84. The summed E-state index contributed by atoms with van der Waals surface area (Å²) in [4.78, 5) is 2.14. The highest BCUT2D eigenvalue weighted by Gasteiger charge is 2.09. The monoisotopic (exact) mass is 232 g/mol. The molecule has 0 bridgehead atoms. The van der Waals surface area contributed by atoms with E-state index in [4.69, 9.17) is 10.00 Å². The Morgan fingerprint density at radius 3 is 2.53 bits per heavy atom. The van der Waals surface area contributed by atoms with Crippen LogP contribution in [0.4, 0.5) is 5.69 Å². The van der Waals surface area contributed by atoms with Gasteiger partial charge in [0.25, 0.3) is 0 Å².